The normalized spacial score (nSPS) is 19.9. The van der Waals surface area contributed by atoms with Crippen molar-refractivity contribution >= 4 is 11.9 Å². The van der Waals surface area contributed by atoms with Gasteiger partial charge in [-0.05, 0) is 23.8 Å². The van der Waals surface area contributed by atoms with E-state index in [0.29, 0.717) is 41.6 Å². The molecule has 0 aromatic heterocycles. The lowest BCUT2D eigenvalue weighted by molar-refractivity contribution is -0.126. The van der Waals surface area contributed by atoms with Gasteiger partial charge < -0.3 is 24.4 Å². The van der Waals surface area contributed by atoms with Gasteiger partial charge in [0.1, 0.15) is 5.75 Å². The third-order valence-corrected chi connectivity index (χ3v) is 5.70. The van der Waals surface area contributed by atoms with Crippen LogP contribution in [0.1, 0.15) is 17.2 Å². The molecule has 0 bridgehead atoms. The van der Waals surface area contributed by atoms with E-state index in [1.165, 1.54) is 4.90 Å². The van der Waals surface area contributed by atoms with Crippen molar-refractivity contribution in [2.24, 2.45) is 0 Å². The van der Waals surface area contributed by atoms with E-state index >= 15 is 0 Å². The van der Waals surface area contributed by atoms with Crippen LogP contribution in [0.3, 0.4) is 0 Å². The number of urea groups is 1. The summed E-state index contributed by atoms with van der Waals surface area (Å²) in [6.45, 7) is 0.970. The monoisotopic (exact) mass is 407 g/mol. The van der Waals surface area contributed by atoms with E-state index in [2.05, 4.69) is 5.32 Å². The van der Waals surface area contributed by atoms with Gasteiger partial charge in [-0.25, -0.2) is 4.79 Å². The van der Waals surface area contributed by atoms with Crippen LogP contribution in [0.4, 0.5) is 4.79 Å². The maximum Gasteiger partial charge on any atom is 0.322 e. The van der Waals surface area contributed by atoms with Crippen LogP contribution in [0.15, 0.2) is 53.7 Å². The number of methoxy groups -OCH3 is 1. The van der Waals surface area contributed by atoms with E-state index in [-0.39, 0.29) is 18.7 Å². The van der Waals surface area contributed by atoms with Crippen molar-refractivity contribution in [3.05, 3.63) is 64.9 Å². The van der Waals surface area contributed by atoms with Gasteiger partial charge in [-0.1, -0.05) is 24.3 Å². The van der Waals surface area contributed by atoms with Crippen LogP contribution in [-0.4, -0.2) is 49.2 Å². The summed E-state index contributed by atoms with van der Waals surface area (Å²) in [5.74, 6) is 1.90. The first-order valence-electron chi connectivity index (χ1n) is 9.65. The maximum absolute atomic E-state index is 13.4. The molecular weight excluding hydrogens is 386 g/mol. The second kappa shape index (κ2) is 6.98. The van der Waals surface area contributed by atoms with Crippen LogP contribution < -0.4 is 19.5 Å². The topological polar surface area (TPSA) is 80.3 Å². The smallest absolute Gasteiger partial charge is 0.322 e. The number of nitrogens with one attached hydrogen (secondary N) is 1. The molecule has 0 radical (unpaired) electrons. The van der Waals surface area contributed by atoms with E-state index in [4.69, 9.17) is 14.2 Å². The zero-order valence-electron chi connectivity index (χ0n) is 16.7. The second-order valence-electron chi connectivity index (χ2n) is 7.39. The zero-order chi connectivity index (χ0) is 20.8. The van der Waals surface area contributed by atoms with E-state index in [1.54, 1.807) is 19.1 Å². The Balaban J connectivity index is 1.47. The maximum atomic E-state index is 13.4. The number of amides is 3. The largest absolute Gasteiger partial charge is 0.496 e. The summed E-state index contributed by atoms with van der Waals surface area (Å²) >= 11 is 0. The Bertz CT molecular complexity index is 1080. The van der Waals surface area contributed by atoms with E-state index in [0.717, 1.165) is 11.1 Å². The molecule has 1 N–H and O–H groups in total. The minimum absolute atomic E-state index is 0.106. The van der Waals surface area contributed by atoms with Crippen molar-refractivity contribution in [1.82, 2.24) is 15.1 Å². The first-order valence-corrected chi connectivity index (χ1v) is 9.65. The van der Waals surface area contributed by atoms with Crippen molar-refractivity contribution in [1.29, 1.82) is 0 Å². The number of ether oxygens (including phenoxy) is 3. The summed E-state index contributed by atoms with van der Waals surface area (Å²) in [5.41, 5.74) is 2.97. The van der Waals surface area contributed by atoms with Crippen LogP contribution >= 0.6 is 0 Å². The number of carbonyl (C=O) groups is 2. The Morgan fingerprint density at radius 3 is 2.77 bits per heavy atom. The average molecular weight is 407 g/mol. The van der Waals surface area contributed by atoms with Gasteiger partial charge in [0.05, 0.1) is 31.0 Å². The first kappa shape index (κ1) is 18.4. The van der Waals surface area contributed by atoms with Crippen LogP contribution in [0.25, 0.3) is 0 Å². The molecule has 0 fully saturated rings. The minimum Gasteiger partial charge on any atom is -0.496 e. The van der Waals surface area contributed by atoms with E-state index in [1.807, 2.05) is 42.5 Å². The van der Waals surface area contributed by atoms with Gasteiger partial charge in [0.15, 0.2) is 11.5 Å². The van der Waals surface area contributed by atoms with Crippen LogP contribution in [0.5, 0.6) is 17.2 Å². The highest BCUT2D eigenvalue weighted by atomic mass is 16.7. The Morgan fingerprint density at radius 2 is 1.93 bits per heavy atom. The molecule has 8 heteroatoms. The molecule has 2 aromatic carbocycles. The lowest BCUT2D eigenvalue weighted by Crippen LogP contribution is -2.45. The number of para-hydroxylation sites is 1. The number of carbonyl (C=O) groups excluding carboxylic acids is 2. The number of hydrogen-bond acceptors (Lipinski definition) is 5. The number of benzene rings is 2. The van der Waals surface area contributed by atoms with Crippen molar-refractivity contribution in [2.75, 3.05) is 27.5 Å². The Hall–Kier alpha value is -3.68. The standard InChI is InChI=1S/C22H21N3O5/c1-24-15-11-25(10-13-7-8-17-18(9-13)30-12-29-17)21(26)19(15)20(23-22(24)27)14-5-3-4-6-16(14)28-2/h3-9,20H,10-12H2,1-2H3,(H,23,27)/t20-/m0/s1. The SMILES string of the molecule is COc1ccccc1[C@@H]1NC(=O)N(C)C2=C1C(=O)N(Cc1ccc3c(c1)OCO3)C2. The van der Waals surface area contributed by atoms with Crippen LogP contribution in [0.2, 0.25) is 0 Å². The summed E-state index contributed by atoms with van der Waals surface area (Å²) in [6, 6.07) is 12.3. The molecule has 0 saturated carbocycles. The number of likely N-dealkylation sites (N-methyl/N-ethyl adjacent to an activating group) is 1. The molecule has 2 aromatic rings. The number of hydrogen-bond donors (Lipinski definition) is 1. The van der Waals surface area contributed by atoms with Crippen molar-refractivity contribution < 1.29 is 23.8 Å². The molecular formula is C22H21N3O5. The van der Waals surface area contributed by atoms with Crippen molar-refractivity contribution in [3.8, 4) is 17.2 Å². The third kappa shape index (κ3) is 2.83. The van der Waals surface area contributed by atoms with Gasteiger partial charge in [0.2, 0.25) is 6.79 Å². The highest BCUT2D eigenvalue weighted by Crippen LogP contribution is 2.39. The summed E-state index contributed by atoms with van der Waals surface area (Å²) in [5, 5.41) is 2.94. The first-order chi connectivity index (χ1) is 14.6. The minimum atomic E-state index is -0.561. The van der Waals surface area contributed by atoms with E-state index < -0.39 is 6.04 Å². The molecule has 3 amide bonds. The predicted molar refractivity (Wildman–Crippen MR) is 107 cm³/mol. The molecule has 0 aliphatic carbocycles. The molecule has 8 nitrogen and oxygen atoms in total. The van der Waals surface area contributed by atoms with Gasteiger partial charge in [-0.15, -0.1) is 0 Å². The Labute approximate surface area is 173 Å². The van der Waals surface area contributed by atoms with Crippen LogP contribution in [0, 0.1) is 0 Å². The van der Waals surface area contributed by atoms with Crippen molar-refractivity contribution in [2.45, 2.75) is 12.6 Å². The van der Waals surface area contributed by atoms with Gasteiger partial charge in [-0.3, -0.25) is 9.69 Å². The fourth-order valence-corrected chi connectivity index (χ4v) is 4.15. The molecule has 0 unspecified atom stereocenters. The van der Waals surface area contributed by atoms with E-state index in [9.17, 15) is 9.59 Å². The Morgan fingerprint density at radius 1 is 1.13 bits per heavy atom. The highest BCUT2D eigenvalue weighted by molar-refractivity contribution is 6.01. The predicted octanol–water partition coefficient (Wildman–Crippen LogP) is 2.42. The van der Waals surface area contributed by atoms with Gasteiger partial charge in [-0.2, -0.15) is 0 Å². The third-order valence-electron chi connectivity index (χ3n) is 5.70. The lowest BCUT2D eigenvalue weighted by atomic mass is 9.95. The molecule has 0 spiro atoms. The van der Waals surface area contributed by atoms with Crippen molar-refractivity contribution in [3.63, 3.8) is 0 Å². The van der Waals surface area contributed by atoms with Gasteiger partial charge >= 0.3 is 6.03 Å². The fraction of sp³-hybridized carbons (Fsp3) is 0.273. The summed E-state index contributed by atoms with van der Waals surface area (Å²) in [6.07, 6.45) is 0. The zero-order valence-corrected chi connectivity index (χ0v) is 16.7. The second-order valence-corrected chi connectivity index (χ2v) is 7.39. The molecule has 3 aliphatic heterocycles. The number of nitrogens with zero attached hydrogens (tertiary/aromatic N) is 2. The number of fused-ring (bicyclic) bond motifs is 1. The fourth-order valence-electron chi connectivity index (χ4n) is 4.15. The van der Waals surface area contributed by atoms with Crippen LogP contribution in [-0.2, 0) is 11.3 Å². The lowest BCUT2D eigenvalue weighted by Gasteiger charge is -2.31. The quantitative estimate of drug-likeness (QED) is 0.842. The van der Waals surface area contributed by atoms with Gasteiger partial charge in [0, 0.05) is 19.2 Å². The Kier molecular flexibility index (Phi) is 4.27. The molecule has 5 rings (SSSR count). The highest BCUT2D eigenvalue weighted by Gasteiger charge is 2.43. The summed E-state index contributed by atoms with van der Waals surface area (Å²) < 4.78 is 16.3. The molecule has 3 heterocycles. The average Bonchev–Trinajstić information content (AvgIpc) is 3.35. The molecule has 3 aliphatic rings. The molecule has 0 saturated heterocycles. The molecule has 1 atom stereocenters. The summed E-state index contributed by atoms with van der Waals surface area (Å²) in [4.78, 5) is 29.3. The summed E-state index contributed by atoms with van der Waals surface area (Å²) in [7, 11) is 3.26. The number of rotatable bonds is 4. The molecule has 154 valence electrons. The van der Waals surface area contributed by atoms with Gasteiger partial charge in [0.25, 0.3) is 5.91 Å². The molecule has 30 heavy (non-hydrogen) atoms.